The van der Waals surface area contributed by atoms with E-state index in [1.54, 1.807) is 29.0 Å². The second kappa shape index (κ2) is 7.40. The first-order valence-electron chi connectivity index (χ1n) is 7.72. The Morgan fingerprint density at radius 3 is 2.92 bits per heavy atom. The van der Waals surface area contributed by atoms with Crippen molar-refractivity contribution >= 4 is 23.2 Å². The van der Waals surface area contributed by atoms with Gasteiger partial charge in [0.15, 0.2) is 0 Å². The SMILES string of the molecule is CCc1nnc(-c2cccn2CC(=O)Nc2cc(Cl)ccc2OC)o1. The molecule has 0 aliphatic heterocycles. The molecule has 130 valence electrons. The van der Waals surface area contributed by atoms with Crippen LogP contribution in [0.2, 0.25) is 5.02 Å². The number of rotatable bonds is 6. The maximum atomic E-state index is 12.4. The summed E-state index contributed by atoms with van der Waals surface area (Å²) < 4.78 is 12.5. The molecule has 0 aliphatic rings. The molecule has 1 aromatic carbocycles. The molecule has 0 radical (unpaired) electrons. The predicted octanol–water partition coefficient (Wildman–Crippen LogP) is 3.40. The fourth-order valence-electron chi connectivity index (χ4n) is 2.37. The molecule has 2 heterocycles. The van der Waals surface area contributed by atoms with E-state index in [2.05, 4.69) is 15.5 Å². The van der Waals surface area contributed by atoms with Crippen LogP contribution in [0.25, 0.3) is 11.6 Å². The number of hydrogen-bond acceptors (Lipinski definition) is 5. The van der Waals surface area contributed by atoms with Crippen LogP contribution in [0.5, 0.6) is 5.75 Å². The summed E-state index contributed by atoms with van der Waals surface area (Å²) in [5.41, 5.74) is 1.19. The van der Waals surface area contributed by atoms with E-state index in [1.807, 2.05) is 19.1 Å². The Morgan fingerprint density at radius 2 is 2.20 bits per heavy atom. The lowest BCUT2D eigenvalue weighted by atomic mass is 10.3. The minimum absolute atomic E-state index is 0.0852. The van der Waals surface area contributed by atoms with Crippen LogP contribution in [0.3, 0.4) is 0 Å². The van der Waals surface area contributed by atoms with Gasteiger partial charge in [-0.15, -0.1) is 10.2 Å². The van der Waals surface area contributed by atoms with Crippen molar-refractivity contribution < 1.29 is 13.9 Å². The van der Waals surface area contributed by atoms with E-state index in [9.17, 15) is 4.79 Å². The molecule has 2 aromatic heterocycles. The van der Waals surface area contributed by atoms with E-state index in [-0.39, 0.29) is 12.5 Å². The van der Waals surface area contributed by atoms with Crippen LogP contribution in [-0.4, -0.2) is 27.8 Å². The highest BCUT2D eigenvalue weighted by Crippen LogP contribution is 2.28. The molecule has 1 amide bonds. The minimum Gasteiger partial charge on any atom is -0.495 e. The molecule has 7 nitrogen and oxygen atoms in total. The number of hydrogen-bond donors (Lipinski definition) is 1. The molecule has 0 saturated carbocycles. The summed E-state index contributed by atoms with van der Waals surface area (Å²) >= 11 is 5.98. The van der Waals surface area contributed by atoms with Gasteiger partial charge in [0.05, 0.1) is 12.8 Å². The number of halogens is 1. The van der Waals surface area contributed by atoms with Gasteiger partial charge >= 0.3 is 0 Å². The summed E-state index contributed by atoms with van der Waals surface area (Å²) in [5, 5.41) is 11.3. The maximum absolute atomic E-state index is 12.4. The zero-order valence-corrected chi connectivity index (χ0v) is 14.6. The molecule has 0 spiro atoms. The van der Waals surface area contributed by atoms with Gasteiger partial charge in [0.1, 0.15) is 18.0 Å². The lowest BCUT2D eigenvalue weighted by molar-refractivity contribution is -0.116. The molecule has 0 fully saturated rings. The summed E-state index contributed by atoms with van der Waals surface area (Å²) in [7, 11) is 1.53. The number of carbonyl (C=O) groups is 1. The number of nitrogens with one attached hydrogen (secondary N) is 1. The van der Waals surface area contributed by atoms with Crippen molar-refractivity contribution in [2.45, 2.75) is 19.9 Å². The Balaban J connectivity index is 1.76. The van der Waals surface area contributed by atoms with Crippen molar-refractivity contribution in [1.82, 2.24) is 14.8 Å². The van der Waals surface area contributed by atoms with Crippen LogP contribution in [0.1, 0.15) is 12.8 Å². The third-order valence-corrected chi connectivity index (χ3v) is 3.80. The van der Waals surface area contributed by atoms with E-state index in [0.29, 0.717) is 40.4 Å². The summed E-state index contributed by atoms with van der Waals surface area (Å²) in [6.07, 6.45) is 2.43. The Kier molecular flexibility index (Phi) is 5.04. The first kappa shape index (κ1) is 17.0. The van der Waals surface area contributed by atoms with Crippen molar-refractivity contribution in [3.63, 3.8) is 0 Å². The molecule has 8 heteroatoms. The molecule has 0 unspecified atom stereocenters. The topological polar surface area (TPSA) is 82.2 Å². The second-order valence-electron chi connectivity index (χ2n) is 5.27. The van der Waals surface area contributed by atoms with Crippen LogP contribution in [-0.2, 0) is 17.8 Å². The summed E-state index contributed by atoms with van der Waals surface area (Å²) in [6.45, 7) is 2.02. The normalized spacial score (nSPS) is 10.7. The molecule has 3 aromatic rings. The highest BCUT2D eigenvalue weighted by Gasteiger charge is 2.15. The number of nitrogens with zero attached hydrogens (tertiary/aromatic N) is 3. The molecule has 0 aliphatic carbocycles. The van der Waals surface area contributed by atoms with Gasteiger partial charge in [0.2, 0.25) is 11.8 Å². The average Bonchev–Trinajstić information content (AvgIpc) is 3.23. The minimum atomic E-state index is -0.228. The number of amides is 1. The zero-order valence-electron chi connectivity index (χ0n) is 13.8. The number of ether oxygens (including phenoxy) is 1. The highest BCUT2D eigenvalue weighted by molar-refractivity contribution is 6.31. The van der Waals surface area contributed by atoms with Crippen molar-refractivity contribution in [2.24, 2.45) is 0 Å². The highest BCUT2D eigenvalue weighted by atomic mass is 35.5. The van der Waals surface area contributed by atoms with Crippen LogP contribution in [0, 0.1) is 0 Å². The van der Waals surface area contributed by atoms with Crippen LogP contribution >= 0.6 is 11.6 Å². The molecule has 0 atom stereocenters. The van der Waals surface area contributed by atoms with Gasteiger partial charge in [-0.3, -0.25) is 4.79 Å². The average molecular weight is 361 g/mol. The fraction of sp³-hybridized carbons (Fsp3) is 0.235. The number of benzene rings is 1. The molecule has 0 saturated heterocycles. The summed E-state index contributed by atoms with van der Waals surface area (Å²) in [4.78, 5) is 12.4. The monoisotopic (exact) mass is 360 g/mol. The molecule has 0 bridgehead atoms. The largest absolute Gasteiger partial charge is 0.495 e. The molecule has 1 N–H and O–H groups in total. The first-order chi connectivity index (χ1) is 12.1. The quantitative estimate of drug-likeness (QED) is 0.728. The van der Waals surface area contributed by atoms with E-state index in [1.165, 1.54) is 7.11 Å². The Labute approximate surface area is 149 Å². The van der Waals surface area contributed by atoms with Gasteiger partial charge in [0, 0.05) is 17.6 Å². The van der Waals surface area contributed by atoms with Crippen LogP contribution in [0.4, 0.5) is 5.69 Å². The Hall–Kier alpha value is -2.80. The number of aryl methyl sites for hydroxylation is 1. The van der Waals surface area contributed by atoms with Gasteiger partial charge in [-0.1, -0.05) is 18.5 Å². The van der Waals surface area contributed by atoms with E-state index in [4.69, 9.17) is 20.8 Å². The number of methoxy groups -OCH3 is 1. The summed E-state index contributed by atoms with van der Waals surface area (Å²) in [6, 6.07) is 8.67. The molecular weight excluding hydrogens is 344 g/mol. The van der Waals surface area contributed by atoms with Gasteiger partial charge in [0.25, 0.3) is 5.89 Å². The smallest absolute Gasteiger partial charge is 0.264 e. The Bertz CT molecular complexity index is 888. The third-order valence-electron chi connectivity index (χ3n) is 3.57. The fourth-order valence-corrected chi connectivity index (χ4v) is 2.54. The number of carbonyl (C=O) groups excluding carboxylic acids is 1. The second-order valence-corrected chi connectivity index (χ2v) is 5.71. The van der Waals surface area contributed by atoms with E-state index < -0.39 is 0 Å². The van der Waals surface area contributed by atoms with Gasteiger partial charge in [-0.05, 0) is 30.3 Å². The van der Waals surface area contributed by atoms with Gasteiger partial charge in [-0.2, -0.15) is 0 Å². The van der Waals surface area contributed by atoms with Crippen molar-refractivity contribution in [3.8, 4) is 17.3 Å². The lowest BCUT2D eigenvalue weighted by Crippen LogP contribution is -2.19. The van der Waals surface area contributed by atoms with Crippen LogP contribution < -0.4 is 10.1 Å². The molecular formula is C17H17ClN4O3. The maximum Gasteiger partial charge on any atom is 0.264 e. The first-order valence-corrected chi connectivity index (χ1v) is 8.09. The van der Waals surface area contributed by atoms with Gasteiger partial charge < -0.3 is 19.0 Å². The van der Waals surface area contributed by atoms with Crippen molar-refractivity contribution in [2.75, 3.05) is 12.4 Å². The zero-order chi connectivity index (χ0) is 17.8. The van der Waals surface area contributed by atoms with Gasteiger partial charge in [-0.25, -0.2) is 0 Å². The van der Waals surface area contributed by atoms with E-state index >= 15 is 0 Å². The van der Waals surface area contributed by atoms with Crippen molar-refractivity contribution in [3.05, 3.63) is 47.4 Å². The standard InChI is InChI=1S/C17H17ClN4O3/c1-3-16-20-21-17(25-16)13-5-4-8-22(13)10-15(23)19-12-9-11(18)6-7-14(12)24-2/h4-9H,3,10H2,1-2H3,(H,19,23). The number of aromatic nitrogens is 3. The van der Waals surface area contributed by atoms with E-state index in [0.717, 1.165) is 0 Å². The molecule has 25 heavy (non-hydrogen) atoms. The number of anilines is 1. The third kappa shape index (κ3) is 3.83. The van der Waals surface area contributed by atoms with Crippen LogP contribution in [0.15, 0.2) is 40.9 Å². The lowest BCUT2D eigenvalue weighted by Gasteiger charge is -2.11. The Morgan fingerprint density at radius 1 is 1.36 bits per heavy atom. The molecule has 3 rings (SSSR count). The summed E-state index contributed by atoms with van der Waals surface area (Å²) in [5.74, 6) is 1.24. The van der Waals surface area contributed by atoms with Crippen molar-refractivity contribution in [1.29, 1.82) is 0 Å². The predicted molar refractivity (Wildman–Crippen MR) is 93.7 cm³/mol.